The summed E-state index contributed by atoms with van der Waals surface area (Å²) in [4.78, 5) is 0. The highest BCUT2D eigenvalue weighted by Gasteiger charge is 2.25. The molecule has 92 valence electrons. The van der Waals surface area contributed by atoms with Crippen LogP contribution in [0.4, 0.5) is 0 Å². The van der Waals surface area contributed by atoms with Crippen LogP contribution in [0.3, 0.4) is 0 Å². The van der Waals surface area contributed by atoms with Gasteiger partial charge in [-0.25, -0.2) is 3.97 Å². The molecule has 1 aromatic rings. The van der Waals surface area contributed by atoms with E-state index < -0.39 is 18.3 Å². The zero-order valence-corrected chi connectivity index (χ0v) is 13.6. The van der Waals surface area contributed by atoms with E-state index in [2.05, 4.69) is 35.6 Å². The van der Waals surface area contributed by atoms with Crippen LogP contribution < -0.4 is 5.19 Å². The third kappa shape index (κ3) is 2.58. The van der Waals surface area contributed by atoms with Gasteiger partial charge < -0.3 is 0 Å². The Bertz CT molecular complexity index is 488. The second-order valence-electron chi connectivity index (χ2n) is 4.89. The van der Waals surface area contributed by atoms with Crippen LogP contribution in [0.25, 0.3) is 0 Å². The zero-order valence-electron chi connectivity index (χ0n) is 10.2. The number of rotatable bonds is 3. The summed E-state index contributed by atoms with van der Waals surface area (Å²) in [6.07, 6.45) is 3.33. The van der Waals surface area contributed by atoms with E-state index in [-0.39, 0.29) is 0 Å². The fourth-order valence-corrected chi connectivity index (χ4v) is 5.78. The van der Waals surface area contributed by atoms with Crippen molar-refractivity contribution in [3.05, 3.63) is 16.9 Å². The van der Waals surface area contributed by atoms with Crippen LogP contribution in [0.2, 0.25) is 19.6 Å². The number of hydrogen-bond donors (Lipinski definition) is 0. The third-order valence-electron chi connectivity index (χ3n) is 2.29. The Morgan fingerprint density at radius 2 is 1.75 bits per heavy atom. The van der Waals surface area contributed by atoms with Crippen molar-refractivity contribution >= 4 is 39.4 Å². The van der Waals surface area contributed by atoms with Gasteiger partial charge in [-0.15, -0.1) is 0 Å². The van der Waals surface area contributed by atoms with Crippen LogP contribution in [0.15, 0.2) is 16.9 Å². The predicted molar refractivity (Wildman–Crippen MR) is 73.1 cm³/mol. The van der Waals surface area contributed by atoms with E-state index in [4.69, 9.17) is 0 Å². The smallest absolute Gasteiger partial charge is 0.239 e. The summed E-state index contributed by atoms with van der Waals surface area (Å²) in [5.74, 6) is 0. The molecule has 0 radical (unpaired) electrons. The molecule has 0 bridgehead atoms. The SMILES string of the molecule is CN(C)S(=O)(=O)n1cc(Br)c([Si](C)(C)C)c1. The van der Waals surface area contributed by atoms with E-state index >= 15 is 0 Å². The lowest BCUT2D eigenvalue weighted by Crippen LogP contribution is -2.38. The first-order valence-corrected chi connectivity index (χ1v) is 10.6. The fourth-order valence-electron chi connectivity index (χ4n) is 1.28. The van der Waals surface area contributed by atoms with Crippen LogP contribution >= 0.6 is 15.9 Å². The fraction of sp³-hybridized carbons (Fsp3) is 0.556. The van der Waals surface area contributed by atoms with Gasteiger partial charge in [0.1, 0.15) is 0 Å². The topological polar surface area (TPSA) is 42.3 Å². The summed E-state index contributed by atoms with van der Waals surface area (Å²) in [6.45, 7) is 6.54. The van der Waals surface area contributed by atoms with Gasteiger partial charge in [0.15, 0.2) is 0 Å². The lowest BCUT2D eigenvalue weighted by atomic mass is 10.7. The summed E-state index contributed by atoms with van der Waals surface area (Å²) in [5, 5.41) is 1.11. The van der Waals surface area contributed by atoms with Crippen LogP contribution in [-0.4, -0.2) is 38.9 Å². The summed E-state index contributed by atoms with van der Waals surface area (Å²) < 4.78 is 27.2. The quantitative estimate of drug-likeness (QED) is 0.790. The number of halogens is 1. The van der Waals surface area contributed by atoms with Crippen molar-refractivity contribution in [2.45, 2.75) is 19.6 Å². The Kier molecular flexibility index (Phi) is 3.74. The van der Waals surface area contributed by atoms with E-state index in [0.717, 1.165) is 9.66 Å². The molecule has 0 atom stereocenters. The maximum atomic E-state index is 11.9. The largest absolute Gasteiger partial charge is 0.306 e. The summed E-state index contributed by atoms with van der Waals surface area (Å²) in [7, 11) is -1.87. The molecule has 0 spiro atoms. The third-order valence-corrected chi connectivity index (χ3v) is 6.97. The Morgan fingerprint density at radius 3 is 2.06 bits per heavy atom. The minimum atomic E-state index is -3.40. The molecule has 0 unspecified atom stereocenters. The molecular weight excluding hydrogens is 308 g/mol. The molecular formula is C9H17BrN2O2SSi. The first-order chi connectivity index (χ1) is 7.06. The number of nitrogens with zero attached hydrogens (tertiary/aromatic N) is 2. The normalized spacial score (nSPS) is 13.4. The standard InChI is InChI=1S/C9H17BrN2O2SSi/c1-11(2)15(13,14)12-6-8(10)9(7-12)16(3,4)5/h6-7H,1-5H3. The Morgan fingerprint density at radius 1 is 1.25 bits per heavy atom. The molecule has 4 nitrogen and oxygen atoms in total. The van der Waals surface area contributed by atoms with Crippen molar-refractivity contribution in [3.8, 4) is 0 Å². The highest BCUT2D eigenvalue weighted by Crippen LogP contribution is 2.16. The molecule has 1 aromatic heterocycles. The predicted octanol–water partition coefficient (Wildman–Crippen LogP) is 1.45. The van der Waals surface area contributed by atoms with Gasteiger partial charge in [0, 0.05) is 31.0 Å². The van der Waals surface area contributed by atoms with Gasteiger partial charge in [0.25, 0.3) is 0 Å². The molecule has 0 amide bonds. The van der Waals surface area contributed by atoms with E-state index in [1.165, 1.54) is 22.4 Å². The molecule has 1 rings (SSSR count). The molecule has 0 fully saturated rings. The van der Waals surface area contributed by atoms with Crippen LogP contribution in [0.1, 0.15) is 0 Å². The summed E-state index contributed by atoms with van der Waals surface area (Å²) in [5.41, 5.74) is 0. The van der Waals surface area contributed by atoms with Crippen molar-refractivity contribution in [1.29, 1.82) is 0 Å². The van der Waals surface area contributed by atoms with Gasteiger partial charge in [0.2, 0.25) is 0 Å². The van der Waals surface area contributed by atoms with E-state index in [1.807, 2.05) is 0 Å². The molecule has 0 aliphatic carbocycles. The lowest BCUT2D eigenvalue weighted by molar-refractivity contribution is 0.511. The summed E-state index contributed by atoms with van der Waals surface area (Å²) in [6, 6.07) is 0. The van der Waals surface area contributed by atoms with Crippen molar-refractivity contribution in [2.24, 2.45) is 0 Å². The molecule has 0 aliphatic heterocycles. The van der Waals surface area contributed by atoms with Gasteiger partial charge >= 0.3 is 10.2 Å². The minimum absolute atomic E-state index is 0.872. The molecule has 0 N–H and O–H groups in total. The second-order valence-corrected chi connectivity index (χ2v) is 12.8. The van der Waals surface area contributed by atoms with Gasteiger partial charge in [-0.1, -0.05) is 19.6 Å². The Hall–Kier alpha value is -0.113. The molecule has 7 heteroatoms. The van der Waals surface area contributed by atoms with Gasteiger partial charge in [0.05, 0.1) is 8.07 Å². The highest BCUT2D eigenvalue weighted by atomic mass is 79.9. The molecule has 0 saturated carbocycles. The molecule has 16 heavy (non-hydrogen) atoms. The van der Waals surface area contributed by atoms with Gasteiger partial charge in [-0.05, 0) is 21.1 Å². The van der Waals surface area contributed by atoms with Crippen LogP contribution in [-0.2, 0) is 10.2 Å². The van der Waals surface area contributed by atoms with Crippen LogP contribution in [0, 0.1) is 0 Å². The first-order valence-electron chi connectivity index (χ1n) is 4.88. The van der Waals surface area contributed by atoms with Crippen molar-refractivity contribution < 1.29 is 8.42 Å². The number of hydrogen-bond acceptors (Lipinski definition) is 2. The maximum absolute atomic E-state index is 11.9. The van der Waals surface area contributed by atoms with E-state index in [0.29, 0.717) is 0 Å². The van der Waals surface area contributed by atoms with E-state index in [1.54, 1.807) is 12.4 Å². The monoisotopic (exact) mass is 324 g/mol. The Labute approximate surface area is 107 Å². The van der Waals surface area contributed by atoms with Gasteiger partial charge in [-0.2, -0.15) is 12.7 Å². The maximum Gasteiger partial charge on any atom is 0.306 e. The van der Waals surface area contributed by atoms with Crippen molar-refractivity contribution in [3.63, 3.8) is 0 Å². The zero-order chi connectivity index (χ0) is 12.7. The second kappa shape index (κ2) is 4.28. The van der Waals surface area contributed by atoms with Crippen molar-refractivity contribution in [2.75, 3.05) is 14.1 Å². The molecule has 1 heterocycles. The van der Waals surface area contributed by atoms with E-state index in [9.17, 15) is 8.42 Å². The summed E-state index contributed by atoms with van der Waals surface area (Å²) >= 11 is 3.43. The first kappa shape index (κ1) is 13.9. The average molecular weight is 325 g/mol. The lowest BCUT2D eigenvalue weighted by Gasteiger charge is -2.15. The van der Waals surface area contributed by atoms with Crippen LogP contribution in [0.5, 0.6) is 0 Å². The molecule has 0 aliphatic rings. The highest BCUT2D eigenvalue weighted by molar-refractivity contribution is 9.10. The average Bonchev–Trinajstić information content (AvgIpc) is 2.46. The Balaban J connectivity index is 3.33. The molecule has 0 aromatic carbocycles. The number of aromatic nitrogens is 1. The van der Waals surface area contributed by atoms with Gasteiger partial charge in [-0.3, -0.25) is 0 Å². The van der Waals surface area contributed by atoms with Crippen molar-refractivity contribution in [1.82, 2.24) is 8.28 Å². The molecule has 0 saturated heterocycles. The minimum Gasteiger partial charge on any atom is -0.239 e.